The molecule has 6 heteroatoms. The van der Waals surface area contributed by atoms with Gasteiger partial charge in [-0.05, 0) is 33.4 Å². The van der Waals surface area contributed by atoms with Crippen molar-refractivity contribution in [3.8, 4) is 0 Å². The predicted molar refractivity (Wildman–Crippen MR) is 84.8 cm³/mol. The van der Waals surface area contributed by atoms with E-state index >= 15 is 0 Å². The van der Waals surface area contributed by atoms with E-state index < -0.39 is 0 Å². The number of aliphatic hydroxyl groups is 1. The molecule has 1 N–H and O–H groups in total. The van der Waals surface area contributed by atoms with Crippen molar-refractivity contribution in [2.45, 2.75) is 20.3 Å². The first-order valence-corrected chi connectivity index (χ1v) is 8.29. The zero-order valence-electron chi connectivity index (χ0n) is 13.3. The molecule has 0 radical (unpaired) electrons. The molecule has 1 aliphatic rings. The summed E-state index contributed by atoms with van der Waals surface area (Å²) in [7, 11) is 4.06. The number of nitrogens with zero attached hydrogens (tertiary/aromatic N) is 3. The monoisotopic (exact) mass is 311 g/mol. The second kappa shape index (κ2) is 6.85. The summed E-state index contributed by atoms with van der Waals surface area (Å²) in [5.74, 6) is 0.598. The Labute approximate surface area is 130 Å². The van der Waals surface area contributed by atoms with E-state index in [1.807, 2.05) is 32.8 Å². The number of hydrogen-bond acceptors (Lipinski definition) is 5. The van der Waals surface area contributed by atoms with Crippen LogP contribution in [-0.2, 0) is 6.42 Å². The Kier molecular flexibility index (Phi) is 5.35. The van der Waals surface area contributed by atoms with E-state index in [9.17, 15) is 9.90 Å². The molecule has 1 aliphatic heterocycles. The van der Waals surface area contributed by atoms with Crippen LogP contribution < -0.4 is 0 Å². The molecular formula is C15H25N3O2S. The topological polar surface area (TPSA) is 56.7 Å². The number of aromatic nitrogens is 1. The summed E-state index contributed by atoms with van der Waals surface area (Å²) in [6.45, 7) is 6.38. The van der Waals surface area contributed by atoms with Crippen LogP contribution in [0.5, 0.6) is 0 Å². The third kappa shape index (κ3) is 3.62. The third-order valence-corrected chi connectivity index (χ3v) is 5.03. The molecule has 118 valence electrons. The number of amides is 1. The van der Waals surface area contributed by atoms with Crippen LogP contribution in [0.25, 0.3) is 0 Å². The average Bonchev–Trinajstić information content (AvgIpc) is 3.00. The van der Waals surface area contributed by atoms with Gasteiger partial charge in [-0.15, -0.1) is 11.3 Å². The van der Waals surface area contributed by atoms with E-state index in [2.05, 4.69) is 9.88 Å². The molecule has 1 aromatic heterocycles. The van der Waals surface area contributed by atoms with Gasteiger partial charge in [-0.25, -0.2) is 4.98 Å². The Morgan fingerprint density at radius 3 is 2.67 bits per heavy atom. The second-order valence-electron chi connectivity index (χ2n) is 6.04. The molecule has 0 spiro atoms. The summed E-state index contributed by atoms with van der Waals surface area (Å²) in [4.78, 5) is 22.0. The van der Waals surface area contributed by atoms with Crippen LogP contribution in [0.2, 0.25) is 0 Å². The number of carbonyl (C=O) groups excluding carboxylic acids is 1. The molecule has 5 nitrogen and oxygen atoms in total. The highest BCUT2D eigenvalue weighted by atomic mass is 32.1. The molecule has 0 saturated carbocycles. The summed E-state index contributed by atoms with van der Waals surface area (Å²) < 4.78 is 0. The molecule has 0 aromatic carbocycles. The lowest BCUT2D eigenvalue weighted by molar-refractivity contribution is 0.0783. The number of carbonyl (C=O) groups is 1. The van der Waals surface area contributed by atoms with Crippen LogP contribution in [0.4, 0.5) is 0 Å². The second-order valence-corrected chi connectivity index (χ2v) is 7.24. The number of thiazole rings is 1. The van der Waals surface area contributed by atoms with Crippen molar-refractivity contribution < 1.29 is 9.90 Å². The molecule has 1 aromatic rings. The van der Waals surface area contributed by atoms with Gasteiger partial charge in [0.15, 0.2) is 0 Å². The fraction of sp³-hybridized carbons (Fsp3) is 0.733. The van der Waals surface area contributed by atoms with Gasteiger partial charge in [0.2, 0.25) is 0 Å². The molecule has 2 heterocycles. The van der Waals surface area contributed by atoms with Crippen LogP contribution >= 0.6 is 11.3 Å². The summed E-state index contributed by atoms with van der Waals surface area (Å²) in [6, 6.07) is 0. The highest BCUT2D eigenvalue weighted by molar-refractivity contribution is 7.13. The van der Waals surface area contributed by atoms with Crippen LogP contribution in [0.1, 0.15) is 27.3 Å². The zero-order chi connectivity index (χ0) is 15.6. The normalized spacial score (nSPS) is 22.3. The fourth-order valence-corrected chi connectivity index (χ4v) is 3.98. The van der Waals surface area contributed by atoms with Crippen molar-refractivity contribution >= 4 is 17.2 Å². The Balaban J connectivity index is 2.13. The van der Waals surface area contributed by atoms with E-state index in [0.717, 1.165) is 35.1 Å². The van der Waals surface area contributed by atoms with Crippen LogP contribution in [0.15, 0.2) is 0 Å². The molecule has 0 bridgehead atoms. The highest BCUT2D eigenvalue weighted by Crippen LogP contribution is 2.28. The van der Waals surface area contributed by atoms with Gasteiger partial charge in [0, 0.05) is 32.2 Å². The Morgan fingerprint density at radius 1 is 1.43 bits per heavy atom. The Hall–Kier alpha value is -0.980. The van der Waals surface area contributed by atoms with Crippen molar-refractivity contribution in [1.29, 1.82) is 0 Å². The van der Waals surface area contributed by atoms with Gasteiger partial charge in [-0.1, -0.05) is 6.92 Å². The Morgan fingerprint density at radius 2 is 2.10 bits per heavy atom. The number of rotatable bonds is 5. The van der Waals surface area contributed by atoms with Gasteiger partial charge in [0.25, 0.3) is 5.91 Å². The fourth-order valence-electron chi connectivity index (χ4n) is 3.01. The third-order valence-electron chi connectivity index (χ3n) is 4.03. The van der Waals surface area contributed by atoms with Crippen molar-refractivity contribution in [2.24, 2.45) is 11.8 Å². The Bertz CT molecular complexity index is 501. The first kappa shape index (κ1) is 16.4. The highest BCUT2D eigenvalue weighted by Gasteiger charge is 2.36. The lowest BCUT2D eigenvalue weighted by Crippen LogP contribution is -2.30. The van der Waals surface area contributed by atoms with E-state index in [1.165, 1.54) is 11.3 Å². The van der Waals surface area contributed by atoms with Gasteiger partial charge < -0.3 is 14.9 Å². The van der Waals surface area contributed by atoms with Gasteiger partial charge in [0.05, 0.1) is 10.7 Å². The van der Waals surface area contributed by atoms with Crippen LogP contribution in [0, 0.1) is 18.8 Å². The molecule has 2 atom stereocenters. The minimum Gasteiger partial charge on any atom is -0.396 e. The van der Waals surface area contributed by atoms with Crippen molar-refractivity contribution in [1.82, 2.24) is 14.8 Å². The lowest BCUT2D eigenvalue weighted by atomic mass is 9.97. The van der Waals surface area contributed by atoms with Crippen molar-refractivity contribution in [3.63, 3.8) is 0 Å². The molecule has 2 rings (SSSR count). The van der Waals surface area contributed by atoms with Crippen molar-refractivity contribution in [2.75, 3.05) is 40.3 Å². The molecule has 21 heavy (non-hydrogen) atoms. The first-order valence-electron chi connectivity index (χ1n) is 7.47. The van der Waals surface area contributed by atoms with Gasteiger partial charge in [-0.3, -0.25) is 4.79 Å². The van der Waals surface area contributed by atoms with E-state index in [4.69, 9.17) is 0 Å². The van der Waals surface area contributed by atoms with Crippen LogP contribution in [-0.4, -0.2) is 66.1 Å². The molecular weight excluding hydrogens is 286 g/mol. The molecule has 1 saturated heterocycles. The minimum atomic E-state index is 0.0807. The molecule has 1 fully saturated rings. The zero-order valence-corrected chi connectivity index (χ0v) is 14.1. The van der Waals surface area contributed by atoms with E-state index in [1.54, 1.807) is 0 Å². The minimum absolute atomic E-state index is 0.0807. The largest absolute Gasteiger partial charge is 0.396 e. The molecule has 0 unspecified atom stereocenters. The smallest absolute Gasteiger partial charge is 0.265 e. The first-order chi connectivity index (χ1) is 9.96. The maximum absolute atomic E-state index is 12.7. The van der Waals surface area contributed by atoms with Gasteiger partial charge in [-0.2, -0.15) is 0 Å². The summed E-state index contributed by atoms with van der Waals surface area (Å²) in [5, 5.41) is 10.5. The SMILES string of the molecule is CCc1nc(C)sc1C(=O)N1C[C@@H](CN(C)C)[C@@H](CO)C1. The molecule has 0 aliphatic carbocycles. The molecule has 1 amide bonds. The van der Waals surface area contributed by atoms with Gasteiger partial charge >= 0.3 is 0 Å². The summed E-state index contributed by atoms with van der Waals surface area (Å²) in [5.41, 5.74) is 0.902. The maximum Gasteiger partial charge on any atom is 0.265 e. The van der Waals surface area contributed by atoms with Crippen LogP contribution in [0.3, 0.4) is 0 Å². The number of aryl methyl sites for hydroxylation is 2. The maximum atomic E-state index is 12.7. The van der Waals surface area contributed by atoms with E-state index in [0.29, 0.717) is 12.5 Å². The number of aliphatic hydroxyl groups excluding tert-OH is 1. The summed E-state index contributed by atoms with van der Waals surface area (Å²) >= 11 is 1.48. The number of likely N-dealkylation sites (tertiary alicyclic amines) is 1. The van der Waals surface area contributed by atoms with Gasteiger partial charge in [0.1, 0.15) is 4.88 Å². The standard InChI is InChI=1S/C15H25N3O2S/c1-5-13-14(21-10(2)16-13)15(20)18-7-11(6-17(3)4)12(8-18)9-19/h11-12,19H,5-9H2,1-4H3/t11-,12-/m1/s1. The number of hydrogen-bond donors (Lipinski definition) is 1. The average molecular weight is 311 g/mol. The van der Waals surface area contributed by atoms with Crippen molar-refractivity contribution in [3.05, 3.63) is 15.6 Å². The lowest BCUT2D eigenvalue weighted by Gasteiger charge is -2.20. The quantitative estimate of drug-likeness (QED) is 0.889. The van der Waals surface area contributed by atoms with E-state index in [-0.39, 0.29) is 18.4 Å². The summed E-state index contributed by atoms with van der Waals surface area (Å²) in [6.07, 6.45) is 0.782. The predicted octanol–water partition coefficient (Wildman–Crippen LogP) is 1.26.